The highest BCUT2D eigenvalue weighted by Crippen LogP contribution is 2.49. The Bertz CT molecular complexity index is 1320. The first-order chi connectivity index (χ1) is 18.3. The number of halogens is 7. The minimum absolute atomic E-state index is 0.0690. The molecule has 1 heterocycles. The summed E-state index contributed by atoms with van der Waals surface area (Å²) in [6, 6.07) is 9.09. The fraction of sp³-hybridized carbons (Fsp3) is 0.240. The van der Waals surface area contributed by atoms with Crippen molar-refractivity contribution in [3.05, 3.63) is 83.7 Å². The largest absolute Gasteiger partial charge is 0.484 e. The Kier molecular flexibility index (Phi) is 8.79. The molecule has 0 fully saturated rings. The van der Waals surface area contributed by atoms with Crippen LogP contribution < -0.4 is 16.2 Å². The van der Waals surface area contributed by atoms with E-state index in [4.69, 9.17) is 16.2 Å². The van der Waals surface area contributed by atoms with Crippen molar-refractivity contribution in [3.8, 4) is 16.9 Å². The minimum Gasteiger partial charge on any atom is -0.484 e. The second-order valence-electron chi connectivity index (χ2n) is 8.05. The Labute approximate surface area is 217 Å². The molecule has 3 aromatic rings. The van der Waals surface area contributed by atoms with Crippen LogP contribution in [0, 0.1) is 11.6 Å². The van der Waals surface area contributed by atoms with Crippen LogP contribution in [-0.4, -0.2) is 43.2 Å². The van der Waals surface area contributed by atoms with Crippen LogP contribution in [-0.2, 0) is 21.1 Å². The zero-order chi connectivity index (χ0) is 28.8. The SMILES string of the molecule is NC=NCC(OC(=O)CN)(c1ccc(F)cc1F)C(F)(F)c1ccc(-c2ccc(OCC(F)(F)F)cc2)cn1. The maximum Gasteiger partial charge on any atom is 0.422 e. The van der Waals surface area contributed by atoms with Crippen molar-refractivity contribution in [3.63, 3.8) is 0 Å². The molecule has 4 N–H and O–H groups in total. The number of aromatic nitrogens is 1. The quantitative estimate of drug-likeness (QED) is 0.165. The van der Waals surface area contributed by atoms with Crippen molar-refractivity contribution in [1.82, 2.24) is 4.98 Å². The van der Waals surface area contributed by atoms with Crippen LogP contribution in [0.15, 0.2) is 65.8 Å². The molecule has 208 valence electrons. The maximum atomic E-state index is 16.2. The standard InChI is InChI=1S/C25H21F7N4O3/c26-17-4-7-19(20(27)9-17)23(12-35-14-34,39-22(37)10-33)25(31,32)21-8-3-16(11-36-21)15-1-5-18(6-2-15)38-13-24(28,29)30/h1-9,11,14H,10,12-13,33H2,(H2,34,35). The molecule has 0 aliphatic rings. The highest BCUT2D eigenvalue weighted by Gasteiger charge is 2.61. The Morgan fingerprint density at radius 3 is 2.18 bits per heavy atom. The average Bonchev–Trinajstić information content (AvgIpc) is 2.89. The van der Waals surface area contributed by atoms with Gasteiger partial charge in [-0.25, -0.2) is 8.78 Å². The first kappa shape index (κ1) is 29.4. The van der Waals surface area contributed by atoms with E-state index in [1.54, 1.807) is 0 Å². The lowest BCUT2D eigenvalue weighted by Gasteiger charge is -2.38. The summed E-state index contributed by atoms with van der Waals surface area (Å²) in [4.78, 5) is 19.5. The molecule has 1 aromatic heterocycles. The predicted molar refractivity (Wildman–Crippen MR) is 126 cm³/mol. The van der Waals surface area contributed by atoms with E-state index in [0.717, 1.165) is 12.3 Å². The van der Waals surface area contributed by atoms with Crippen molar-refractivity contribution in [2.45, 2.75) is 17.7 Å². The number of aliphatic imine (C=N–C) groups is 1. The second-order valence-corrected chi connectivity index (χ2v) is 8.05. The Balaban J connectivity index is 2.03. The molecule has 39 heavy (non-hydrogen) atoms. The number of alkyl halides is 5. The van der Waals surface area contributed by atoms with Gasteiger partial charge in [-0.05, 0) is 35.9 Å². The van der Waals surface area contributed by atoms with Gasteiger partial charge in [0.05, 0.1) is 19.4 Å². The van der Waals surface area contributed by atoms with Crippen molar-refractivity contribution < 1.29 is 45.0 Å². The average molecular weight is 558 g/mol. The summed E-state index contributed by atoms with van der Waals surface area (Å²) in [7, 11) is 0. The van der Waals surface area contributed by atoms with Gasteiger partial charge in [0.1, 0.15) is 23.1 Å². The number of hydrogen-bond acceptors (Lipinski definition) is 6. The molecule has 2 aromatic carbocycles. The number of nitrogens with zero attached hydrogens (tertiary/aromatic N) is 2. The molecule has 1 unspecified atom stereocenters. The molecule has 0 bridgehead atoms. The number of benzene rings is 2. The van der Waals surface area contributed by atoms with E-state index < -0.39 is 66.3 Å². The Morgan fingerprint density at radius 1 is 0.974 bits per heavy atom. The van der Waals surface area contributed by atoms with Crippen LogP contribution in [0.1, 0.15) is 11.3 Å². The smallest absolute Gasteiger partial charge is 0.422 e. The van der Waals surface area contributed by atoms with Crippen LogP contribution in [0.4, 0.5) is 30.7 Å². The molecule has 0 saturated heterocycles. The fourth-order valence-electron chi connectivity index (χ4n) is 3.61. The number of hydrogen-bond donors (Lipinski definition) is 2. The lowest BCUT2D eigenvalue weighted by Crippen LogP contribution is -2.51. The van der Waals surface area contributed by atoms with E-state index in [0.29, 0.717) is 30.1 Å². The summed E-state index contributed by atoms with van der Waals surface area (Å²) in [5.41, 5.74) is 6.11. The van der Waals surface area contributed by atoms with Crippen molar-refractivity contribution in [1.29, 1.82) is 0 Å². The summed E-state index contributed by atoms with van der Waals surface area (Å²) in [6.45, 7) is -3.41. The highest BCUT2D eigenvalue weighted by molar-refractivity contribution is 5.72. The van der Waals surface area contributed by atoms with Crippen LogP contribution >= 0.6 is 0 Å². The molecule has 14 heteroatoms. The number of rotatable bonds is 10. The molecule has 0 aliphatic carbocycles. The molecule has 0 aliphatic heterocycles. The van der Waals surface area contributed by atoms with Crippen LogP contribution in [0.2, 0.25) is 0 Å². The number of nitrogens with two attached hydrogens (primary N) is 2. The highest BCUT2D eigenvalue weighted by atomic mass is 19.4. The number of ether oxygens (including phenoxy) is 2. The topological polar surface area (TPSA) is 113 Å². The zero-order valence-corrected chi connectivity index (χ0v) is 19.9. The fourth-order valence-corrected chi connectivity index (χ4v) is 3.61. The zero-order valence-electron chi connectivity index (χ0n) is 19.9. The van der Waals surface area contributed by atoms with Crippen molar-refractivity contribution >= 4 is 12.3 Å². The lowest BCUT2D eigenvalue weighted by molar-refractivity contribution is -0.221. The molecule has 7 nitrogen and oxygen atoms in total. The van der Waals surface area contributed by atoms with Crippen LogP contribution in [0.25, 0.3) is 11.1 Å². The van der Waals surface area contributed by atoms with Crippen LogP contribution in [0.3, 0.4) is 0 Å². The Morgan fingerprint density at radius 2 is 1.64 bits per heavy atom. The van der Waals surface area contributed by atoms with E-state index >= 15 is 8.78 Å². The van der Waals surface area contributed by atoms with E-state index in [1.165, 1.54) is 30.3 Å². The van der Waals surface area contributed by atoms with Gasteiger partial charge in [-0.3, -0.25) is 14.8 Å². The molecule has 1 atom stereocenters. The van der Waals surface area contributed by atoms with E-state index in [9.17, 15) is 26.7 Å². The maximum absolute atomic E-state index is 16.2. The van der Waals surface area contributed by atoms with Crippen molar-refractivity contribution in [2.24, 2.45) is 16.5 Å². The molecule has 3 rings (SSSR count). The summed E-state index contributed by atoms with van der Waals surface area (Å²) >= 11 is 0. The number of carbonyl (C=O) groups excluding carboxylic acids is 1. The first-order valence-electron chi connectivity index (χ1n) is 11.0. The van der Waals surface area contributed by atoms with Gasteiger partial charge in [0.2, 0.25) is 5.60 Å². The van der Waals surface area contributed by atoms with Gasteiger partial charge in [-0.1, -0.05) is 18.2 Å². The third-order valence-electron chi connectivity index (χ3n) is 5.42. The van der Waals surface area contributed by atoms with E-state index in [-0.39, 0.29) is 11.3 Å². The molecular weight excluding hydrogens is 537 g/mol. The summed E-state index contributed by atoms with van der Waals surface area (Å²) in [6.07, 6.45) is -2.86. The van der Waals surface area contributed by atoms with Crippen LogP contribution in [0.5, 0.6) is 5.75 Å². The predicted octanol–water partition coefficient (Wildman–Crippen LogP) is 4.44. The molecular formula is C25H21F7N4O3. The lowest BCUT2D eigenvalue weighted by atomic mass is 9.84. The minimum atomic E-state index is -4.52. The third-order valence-corrected chi connectivity index (χ3v) is 5.42. The van der Waals surface area contributed by atoms with Gasteiger partial charge in [0.25, 0.3) is 0 Å². The van der Waals surface area contributed by atoms with Gasteiger partial charge in [0, 0.05) is 23.4 Å². The number of pyridine rings is 1. The molecule has 0 saturated carbocycles. The van der Waals surface area contributed by atoms with E-state index in [1.807, 2.05) is 0 Å². The van der Waals surface area contributed by atoms with Gasteiger partial charge >= 0.3 is 18.1 Å². The van der Waals surface area contributed by atoms with Gasteiger partial charge in [-0.15, -0.1) is 0 Å². The monoisotopic (exact) mass is 558 g/mol. The second kappa shape index (κ2) is 11.7. The molecule has 0 radical (unpaired) electrons. The van der Waals surface area contributed by atoms with Gasteiger partial charge in [0.15, 0.2) is 6.61 Å². The third kappa shape index (κ3) is 6.63. The van der Waals surface area contributed by atoms with E-state index in [2.05, 4.69) is 14.7 Å². The molecule has 0 spiro atoms. The normalized spacial score (nSPS) is 13.7. The number of esters is 1. The number of carbonyl (C=O) groups is 1. The summed E-state index contributed by atoms with van der Waals surface area (Å²) < 4.78 is 107. The molecule has 0 amide bonds. The van der Waals surface area contributed by atoms with Crippen molar-refractivity contribution in [2.75, 3.05) is 19.7 Å². The summed E-state index contributed by atoms with van der Waals surface area (Å²) in [5, 5.41) is 0. The Hall–Kier alpha value is -4.20. The first-order valence-corrected chi connectivity index (χ1v) is 11.0. The van der Waals surface area contributed by atoms with Gasteiger partial charge in [-0.2, -0.15) is 22.0 Å². The summed E-state index contributed by atoms with van der Waals surface area (Å²) in [5.74, 6) is -8.19. The van der Waals surface area contributed by atoms with Gasteiger partial charge < -0.3 is 20.9 Å².